The van der Waals surface area contributed by atoms with E-state index in [9.17, 15) is 0 Å². The summed E-state index contributed by atoms with van der Waals surface area (Å²) in [6, 6.07) is 0.196. The number of nitrogen functional groups attached to an aromatic ring is 1. The van der Waals surface area contributed by atoms with Crippen molar-refractivity contribution in [1.29, 1.82) is 0 Å². The molecule has 2 rings (SSSR count). The Morgan fingerprint density at radius 1 is 1.33 bits per heavy atom. The van der Waals surface area contributed by atoms with Crippen molar-refractivity contribution in [2.45, 2.75) is 0 Å². The molecule has 0 spiro atoms. The van der Waals surface area contributed by atoms with Crippen molar-refractivity contribution < 1.29 is 4.74 Å². The minimum atomic E-state index is 0.126. The minimum absolute atomic E-state index is 0.126. The quantitative estimate of drug-likeness (QED) is 0.735. The zero-order chi connectivity index (χ0) is 10.8. The van der Waals surface area contributed by atoms with Gasteiger partial charge in [-0.1, -0.05) is 0 Å². The zero-order valence-corrected chi connectivity index (χ0v) is 8.38. The molecule has 2 heterocycles. The SMILES string of the molecule is COc1nc(N)nc(-c2cnn(C)c2)n1. The Labute approximate surface area is 85.9 Å². The number of hydrogen-bond acceptors (Lipinski definition) is 6. The third kappa shape index (κ3) is 1.85. The number of aryl methyl sites for hydroxylation is 1. The lowest BCUT2D eigenvalue weighted by Gasteiger charge is -2.00. The van der Waals surface area contributed by atoms with E-state index in [0.717, 1.165) is 5.56 Å². The second-order valence-corrected chi connectivity index (χ2v) is 2.91. The van der Waals surface area contributed by atoms with Gasteiger partial charge in [-0.2, -0.15) is 20.1 Å². The first-order chi connectivity index (χ1) is 7.19. The Kier molecular flexibility index (Phi) is 2.20. The van der Waals surface area contributed by atoms with Crippen LogP contribution in [0.15, 0.2) is 12.4 Å². The molecule has 0 bridgehead atoms. The van der Waals surface area contributed by atoms with Crippen molar-refractivity contribution in [3.8, 4) is 17.4 Å². The second-order valence-electron chi connectivity index (χ2n) is 2.91. The molecule has 0 amide bonds. The third-order valence-corrected chi connectivity index (χ3v) is 1.78. The molecule has 15 heavy (non-hydrogen) atoms. The van der Waals surface area contributed by atoms with Crippen LogP contribution in [-0.2, 0) is 7.05 Å². The highest BCUT2D eigenvalue weighted by molar-refractivity contribution is 5.53. The Morgan fingerprint density at radius 2 is 2.13 bits per heavy atom. The first-order valence-corrected chi connectivity index (χ1v) is 4.23. The van der Waals surface area contributed by atoms with E-state index in [1.54, 1.807) is 17.1 Å². The lowest BCUT2D eigenvalue weighted by atomic mass is 10.3. The fraction of sp³-hybridized carbons (Fsp3) is 0.250. The topological polar surface area (TPSA) is 91.7 Å². The lowest BCUT2D eigenvalue weighted by molar-refractivity contribution is 0.379. The number of methoxy groups -OCH3 is 1. The molecule has 78 valence electrons. The molecule has 2 aromatic rings. The molecule has 0 fully saturated rings. The fourth-order valence-electron chi connectivity index (χ4n) is 1.13. The van der Waals surface area contributed by atoms with Gasteiger partial charge in [0.2, 0.25) is 5.95 Å². The predicted octanol–water partition coefficient (Wildman–Crippen LogP) is -0.137. The van der Waals surface area contributed by atoms with Crippen LogP contribution in [0.4, 0.5) is 5.95 Å². The van der Waals surface area contributed by atoms with E-state index < -0.39 is 0 Å². The van der Waals surface area contributed by atoms with Crippen LogP contribution in [0.25, 0.3) is 11.4 Å². The number of nitrogens with zero attached hydrogens (tertiary/aromatic N) is 5. The van der Waals surface area contributed by atoms with Crippen LogP contribution < -0.4 is 10.5 Å². The van der Waals surface area contributed by atoms with Crippen molar-refractivity contribution in [1.82, 2.24) is 24.7 Å². The van der Waals surface area contributed by atoms with Crippen molar-refractivity contribution in [3.05, 3.63) is 12.4 Å². The molecule has 2 N–H and O–H groups in total. The van der Waals surface area contributed by atoms with E-state index in [4.69, 9.17) is 10.5 Å². The molecule has 2 aromatic heterocycles. The smallest absolute Gasteiger partial charge is 0.321 e. The molecule has 0 atom stereocenters. The van der Waals surface area contributed by atoms with Gasteiger partial charge in [0.15, 0.2) is 5.82 Å². The number of anilines is 1. The summed E-state index contributed by atoms with van der Waals surface area (Å²) in [6.07, 6.45) is 3.43. The Balaban J connectivity index is 2.48. The normalized spacial score (nSPS) is 10.3. The van der Waals surface area contributed by atoms with Crippen LogP contribution >= 0.6 is 0 Å². The number of hydrogen-bond donors (Lipinski definition) is 1. The van der Waals surface area contributed by atoms with Gasteiger partial charge in [-0.25, -0.2) is 0 Å². The summed E-state index contributed by atoms with van der Waals surface area (Å²) in [7, 11) is 3.28. The number of nitrogens with two attached hydrogens (primary N) is 1. The third-order valence-electron chi connectivity index (χ3n) is 1.78. The van der Waals surface area contributed by atoms with Gasteiger partial charge < -0.3 is 10.5 Å². The zero-order valence-electron chi connectivity index (χ0n) is 8.38. The van der Waals surface area contributed by atoms with Gasteiger partial charge in [0.1, 0.15) is 0 Å². The van der Waals surface area contributed by atoms with Crippen LogP contribution in [0.3, 0.4) is 0 Å². The monoisotopic (exact) mass is 206 g/mol. The van der Waals surface area contributed by atoms with Gasteiger partial charge in [0.25, 0.3) is 0 Å². The molecule has 0 aliphatic rings. The molecular formula is C8H10N6O. The first-order valence-electron chi connectivity index (χ1n) is 4.23. The van der Waals surface area contributed by atoms with Gasteiger partial charge in [-0.3, -0.25) is 4.68 Å². The molecule has 7 nitrogen and oxygen atoms in total. The van der Waals surface area contributed by atoms with E-state index in [1.807, 2.05) is 7.05 Å². The highest BCUT2D eigenvalue weighted by Gasteiger charge is 2.08. The summed E-state index contributed by atoms with van der Waals surface area (Å²) in [5.74, 6) is 0.577. The van der Waals surface area contributed by atoms with Crippen LogP contribution in [0, 0.1) is 0 Å². The first kappa shape index (κ1) is 9.38. The van der Waals surface area contributed by atoms with Crippen molar-refractivity contribution >= 4 is 5.95 Å². The van der Waals surface area contributed by atoms with Gasteiger partial charge in [-0.15, -0.1) is 0 Å². The van der Waals surface area contributed by atoms with E-state index in [0.29, 0.717) is 5.82 Å². The maximum absolute atomic E-state index is 5.51. The summed E-state index contributed by atoms with van der Waals surface area (Å²) in [5, 5.41) is 4.01. The van der Waals surface area contributed by atoms with Crippen LogP contribution in [-0.4, -0.2) is 31.8 Å². The summed E-state index contributed by atoms with van der Waals surface area (Å²) >= 11 is 0. The number of ether oxygens (including phenoxy) is 1. The van der Waals surface area contributed by atoms with Gasteiger partial charge in [0, 0.05) is 13.2 Å². The number of aromatic nitrogens is 5. The Morgan fingerprint density at radius 3 is 2.73 bits per heavy atom. The number of rotatable bonds is 2. The van der Waals surface area contributed by atoms with E-state index in [-0.39, 0.29) is 12.0 Å². The largest absolute Gasteiger partial charge is 0.467 e. The molecule has 0 saturated carbocycles. The van der Waals surface area contributed by atoms with Gasteiger partial charge in [-0.05, 0) is 0 Å². The van der Waals surface area contributed by atoms with Crippen LogP contribution in [0.5, 0.6) is 6.01 Å². The summed E-state index contributed by atoms with van der Waals surface area (Å²) in [5.41, 5.74) is 6.28. The van der Waals surface area contributed by atoms with Crippen molar-refractivity contribution in [3.63, 3.8) is 0 Å². The molecule has 0 unspecified atom stereocenters. The molecule has 7 heteroatoms. The predicted molar refractivity (Wildman–Crippen MR) is 53.0 cm³/mol. The van der Waals surface area contributed by atoms with E-state index in [1.165, 1.54) is 7.11 Å². The minimum Gasteiger partial charge on any atom is -0.467 e. The van der Waals surface area contributed by atoms with E-state index in [2.05, 4.69) is 20.1 Å². The van der Waals surface area contributed by atoms with Crippen LogP contribution in [0.1, 0.15) is 0 Å². The summed E-state index contributed by atoms with van der Waals surface area (Å²) in [4.78, 5) is 11.8. The molecule has 0 aliphatic heterocycles. The van der Waals surface area contributed by atoms with Crippen molar-refractivity contribution in [2.24, 2.45) is 7.05 Å². The van der Waals surface area contributed by atoms with Crippen molar-refractivity contribution in [2.75, 3.05) is 12.8 Å². The average Bonchev–Trinajstić information content (AvgIpc) is 2.64. The highest BCUT2D eigenvalue weighted by Crippen LogP contribution is 2.16. The van der Waals surface area contributed by atoms with Gasteiger partial charge >= 0.3 is 6.01 Å². The second kappa shape index (κ2) is 3.52. The molecular weight excluding hydrogens is 196 g/mol. The summed E-state index contributed by atoms with van der Waals surface area (Å²) < 4.78 is 6.55. The molecule has 0 radical (unpaired) electrons. The average molecular weight is 206 g/mol. The molecule has 0 saturated heterocycles. The van der Waals surface area contributed by atoms with Crippen LogP contribution in [0.2, 0.25) is 0 Å². The lowest BCUT2D eigenvalue weighted by Crippen LogP contribution is -2.02. The maximum atomic E-state index is 5.51. The molecule has 0 aliphatic carbocycles. The van der Waals surface area contributed by atoms with E-state index >= 15 is 0 Å². The fourth-order valence-corrected chi connectivity index (χ4v) is 1.13. The standard InChI is InChI=1S/C8H10N6O/c1-14-4-5(3-10-14)6-11-7(9)13-8(12-6)15-2/h3-4H,1-2H3,(H2,9,11,12,13). The summed E-state index contributed by atoms with van der Waals surface area (Å²) in [6.45, 7) is 0. The molecule has 0 aromatic carbocycles. The maximum Gasteiger partial charge on any atom is 0.321 e. The highest BCUT2D eigenvalue weighted by atomic mass is 16.5. The van der Waals surface area contributed by atoms with Gasteiger partial charge in [0.05, 0.1) is 18.9 Å². The Hall–Kier alpha value is -2.18. The Bertz CT molecular complexity index is 480.